The average Bonchev–Trinajstić information content (AvgIpc) is 2.58. The minimum atomic E-state index is -1.33. The van der Waals surface area contributed by atoms with Gasteiger partial charge >= 0.3 is 0 Å². The van der Waals surface area contributed by atoms with E-state index in [0.717, 1.165) is 5.56 Å². The first kappa shape index (κ1) is 17.8. The zero-order valence-corrected chi connectivity index (χ0v) is 13.2. The molecule has 8 heteroatoms. The van der Waals surface area contributed by atoms with E-state index in [9.17, 15) is 15.3 Å². The molecule has 1 saturated heterocycles. The van der Waals surface area contributed by atoms with E-state index in [4.69, 9.17) is 10.3 Å². The van der Waals surface area contributed by atoms with Gasteiger partial charge in [-0.15, -0.1) is 11.8 Å². The number of aliphatic hydroxyl groups is 3. The Morgan fingerprint density at radius 1 is 1.17 bits per heavy atom. The Bertz CT molecular complexity index is 565. The van der Waals surface area contributed by atoms with Crippen LogP contribution in [0.2, 0.25) is 0 Å². The van der Waals surface area contributed by atoms with E-state index >= 15 is 0 Å². The third kappa shape index (κ3) is 4.97. The quantitative estimate of drug-likeness (QED) is 0.413. The third-order valence-corrected chi connectivity index (χ3v) is 4.56. The standard InChI is InChI=1S/C15H19N3O4S/c16-18-17-9-11-12(19)13(20)14(21)15(22-11)23-8-4-7-10-5-2-1-3-6-10/h1-7,11-15,19-21H,8-9H2/b7-4+. The van der Waals surface area contributed by atoms with Gasteiger partial charge < -0.3 is 20.1 Å². The number of benzene rings is 1. The SMILES string of the molecule is [N-]=[N+]=NCC1OC(SC/C=C/c2ccccc2)C(O)C(O)C1O. The molecule has 1 aliphatic rings. The highest BCUT2D eigenvalue weighted by Crippen LogP contribution is 2.29. The predicted molar refractivity (Wildman–Crippen MR) is 88.6 cm³/mol. The molecule has 5 unspecified atom stereocenters. The third-order valence-electron chi connectivity index (χ3n) is 3.46. The first-order chi connectivity index (χ1) is 11.1. The first-order valence-corrected chi connectivity index (χ1v) is 8.22. The van der Waals surface area contributed by atoms with Crippen LogP contribution in [0.3, 0.4) is 0 Å². The van der Waals surface area contributed by atoms with Crippen molar-refractivity contribution in [1.82, 2.24) is 0 Å². The molecule has 1 aromatic carbocycles. The molecule has 7 nitrogen and oxygen atoms in total. The highest BCUT2D eigenvalue weighted by molar-refractivity contribution is 7.99. The molecule has 0 aromatic heterocycles. The number of aliphatic hydroxyl groups excluding tert-OH is 3. The van der Waals surface area contributed by atoms with E-state index < -0.39 is 29.9 Å². The van der Waals surface area contributed by atoms with Crippen molar-refractivity contribution in [2.24, 2.45) is 5.11 Å². The van der Waals surface area contributed by atoms with E-state index in [1.54, 1.807) is 0 Å². The fourth-order valence-electron chi connectivity index (χ4n) is 2.22. The number of rotatable bonds is 6. The molecule has 2 rings (SSSR count). The summed E-state index contributed by atoms with van der Waals surface area (Å²) in [6.45, 7) is -0.0988. The summed E-state index contributed by atoms with van der Waals surface area (Å²) in [5.74, 6) is 0.563. The fraction of sp³-hybridized carbons (Fsp3) is 0.467. The van der Waals surface area contributed by atoms with Crippen molar-refractivity contribution in [1.29, 1.82) is 0 Å². The Morgan fingerprint density at radius 3 is 2.61 bits per heavy atom. The molecule has 1 aliphatic heterocycles. The van der Waals surface area contributed by atoms with E-state index in [1.807, 2.05) is 42.5 Å². The Morgan fingerprint density at radius 2 is 1.91 bits per heavy atom. The van der Waals surface area contributed by atoms with Crippen molar-refractivity contribution in [3.63, 3.8) is 0 Å². The van der Waals surface area contributed by atoms with E-state index in [0.29, 0.717) is 5.75 Å². The van der Waals surface area contributed by atoms with Gasteiger partial charge in [-0.1, -0.05) is 47.6 Å². The smallest absolute Gasteiger partial charge is 0.132 e. The van der Waals surface area contributed by atoms with Crippen molar-refractivity contribution >= 4 is 17.8 Å². The number of hydrogen-bond donors (Lipinski definition) is 3. The number of nitrogens with zero attached hydrogens (tertiary/aromatic N) is 3. The van der Waals surface area contributed by atoms with Gasteiger partial charge in [0.25, 0.3) is 0 Å². The molecular formula is C15H19N3O4S. The lowest BCUT2D eigenvalue weighted by molar-refractivity contribution is -0.194. The molecule has 0 amide bonds. The van der Waals surface area contributed by atoms with Gasteiger partial charge in [0, 0.05) is 10.7 Å². The summed E-state index contributed by atoms with van der Waals surface area (Å²) in [5, 5.41) is 33.0. The van der Waals surface area contributed by atoms with Crippen LogP contribution in [-0.4, -0.2) is 57.5 Å². The minimum absolute atomic E-state index is 0.0988. The molecule has 0 spiro atoms. The van der Waals surface area contributed by atoms with Crippen LogP contribution in [-0.2, 0) is 4.74 Å². The summed E-state index contributed by atoms with van der Waals surface area (Å²) in [6.07, 6.45) is -0.784. The lowest BCUT2D eigenvalue weighted by Gasteiger charge is -2.39. The van der Waals surface area contributed by atoms with Crippen LogP contribution in [0.25, 0.3) is 16.5 Å². The monoisotopic (exact) mass is 337 g/mol. The molecule has 0 aliphatic carbocycles. The van der Waals surface area contributed by atoms with Crippen LogP contribution in [0.5, 0.6) is 0 Å². The van der Waals surface area contributed by atoms with Crippen LogP contribution in [0.1, 0.15) is 5.56 Å². The summed E-state index contributed by atoms with van der Waals surface area (Å²) in [6, 6.07) is 9.78. The largest absolute Gasteiger partial charge is 0.388 e. The van der Waals surface area contributed by atoms with E-state index in [-0.39, 0.29) is 6.54 Å². The fourth-order valence-corrected chi connectivity index (χ4v) is 3.20. The second-order valence-electron chi connectivity index (χ2n) is 5.07. The average molecular weight is 337 g/mol. The molecule has 0 saturated carbocycles. The number of ether oxygens (including phenoxy) is 1. The zero-order chi connectivity index (χ0) is 16.7. The van der Waals surface area contributed by atoms with Crippen LogP contribution >= 0.6 is 11.8 Å². The topological polar surface area (TPSA) is 119 Å². The lowest BCUT2D eigenvalue weighted by Crippen LogP contribution is -2.57. The van der Waals surface area contributed by atoms with Crippen LogP contribution in [0, 0.1) is 0 Å². The second kappa shape index (κ2) is 8.93. The Hall–Kier alpha value is -1.54. The summed E-state index contributed by atoms with van der Waals surface area (Å²) >= 11 is 1.30. The zero-order valence-electron chi connectivity index (χ0n) is 12.3. The molecular weight excluding hydrogens is 318 g/mol. The molecule has 0 bridgehead atoms. The number of azide groups is 1. The summed E-state index contributed by atoms with van der Waals surface area (Å²) < 4.78 is 5.54. The summed E-state index contributed by atoms with van der Waals surface area (Å²) in [7, 11) is 0. The molecule has 1 fully saturated rings. The molecule has 124 valence electrons. The van der Waals surface area contributed by atoms with Crippen LogP contribution < -0.4 is 0 Å². The first-order valence-electron chi connectivity index (χ1n) is 7.17. The normalized spacial score (nSPS) is 31.0. The lowest BCUT2D eigenvalue weighted by atomic mass is 10.00. The summed E-state index contributed by atoms with van der Waals surface area (Å²) in [4.78, 5) is 2.61. The van der Waals surface area contributed by atoms with Gasteiger partial charge in [0.2, 0.25) is 0 Å². The minimum Gasteiger partial charge on any atom is -0.388 e. The highest BCUT2D eigenvalue weighted by atomic mass is 32.2. The molecule has 0 radical (unpaired) electrons. The van der Waals surface area contributed by atoms with Gasteiger partial charge in [0.15, 0.2) is 0 Å². The number of hydrogen-bond acceptors (Lipinski definition) is 6. The Labute approximate surface area is 138 Å². The maximum absolute atomic E-state index is 9.98. The van der Waals surface area contributed by atoms with Crippen molar-refractivity contribution in [3.8, 4) is 0 Å². The molecule has 1 aromatic rings. The van der Waals surface area contributed by atoms with Gasteiger partial charge in [-0.25, -0.2) is 0 Å². The van der Waals surface area contributed by atoms with Crippen LogP contribution in [0.15, 0.2) is 41.5 Å². The van der Waals surface area contributed by atoms with Crippen molar-refractivity contribution in [2.45, 2.75) is 29.9 Å². The maximum Gasteiger partial charge on any atom is 0.132 e. The Kier molecular flexibility index (Phi) is 6.91. The predicted octanol–water partition coefficient (Wildman–Crippen LogP) is 1.55. The van der Waals surface area contributed by atoms with Gasteiger partial charge in [-0.3, -0.25) is 0 Å². The van der Waals surface area contributed by atoms with Crippen molar-refractivity contribution in [3.05, 3.63) is 52.4 Å². The molecule has 5 atom stereocenters. The highest BCUT2D eigenvalue weighted by Gasteiger charge is 2.43. The van der Waals surface area contributed by atoms with E-state index in [1.165, 1.54) is 11.8 Å². The van der Waals surface area contributed by atoms with Gasteiger partial charge in [0.1, 0.15) is 23.7 Å². The maximum atomic E-state index is 9.98. The van der Waals surface area contributed by atoms with Gasteiger partial charge in [-0.05, 0) is 11.1 Å². The Balaban J connectivity index is 1.90. The molecule has 3 N–H and O–H groups in total. The second-order valence-corrected chi connectivity index (χ2v) is 6.21. The van der Waals surface area contributed by atoms with E-state index in [2.05, 4.69) is 10.0 Å². The van der Waals surface area contributed by atoms with Gasteiger partial charge in [0.05, 0.1) is 12.6 Å². The van der Waals surface area contributed by atoms with Gasteiger partial charge in [-0.2, -0.15) is 0 Å². The molecule has 1 heterocycles. The van der Waals surface area contributed by atoms with Crippen molar-refractivity contribution in [2.75, 3.05) is 12.3 Å². The summed E-state index contributed by atoms with van der Waals surface area (Å²) in [5.41, 5.74) is 8.71. The van der Waals surface area contributed by atoms with Crippen molar-refractivity contribution < 1.29 is 20.1 Å². The van der Waals surface area contributed by atoms with Crippen LogP contribution in [0.4, 0.5) is 0 Å². The molecule has 23 heavy (non-hydrogen) atoms. The number of thioether (sulfide) groups is 1.